The zero-order valence-electron chi connectivity index (χ0n) is 9.81. The molecule has 0 atom stereocenters. The van der Waals surface area contributed by atoms with Crippen LogP contribution in [0, 0.1) is 6.92 Å². The third-order valence-electron chi connectivity index (χ3n) is 2.85. The molecular weight excluding hydrogens is 238 g/mol. The van der Waals surface area contributed by atoms with Gasteiger partial charge in [0, 0.05) is 13.1 Å². The first kappa shape index (κ1) is 12.2. The lowest BCUT2D eigenvalue weighted by Crippen LogP contribution is -2.33. The van der Waals surface area contributed by atoms with Gasteiger partial charge in [0.15, 0.2) is 0 Å². The Morgan fingerprint density at radius 1 is 1.29 bits per heavy atom. The third kappa shape index (κ3) is 2.70. The molecule has 1 aliphatic rings. The second kappa shape index (κ2) is 4.54. The normalized spacial score (nSPS) is 17.2. The molecule has 1 aliphatic heterocycles. The summed E-state index contributed by atoms with van der Waals surface area (Å²) in [7, 11) is -3.45. The van der Waals surface area contributed by atoms with Crippen LogP contribution in [0.4, 0.5) is 11.4 Å². The Labute approximate surface area is 102 Å². The maximum absolute atomic E-state index is 12.0. The number of rotatable bonds is 3. The molecule has 2 rings (SSSR count). The molecule has 94 valence electrons. The molecule has 0 amide bonds. The van der Waals surface area contributed by atoms with Crippen molar-refractivity contribution in [3.8, 4) is 0 Å². The first-order chi connectivity index (χ1) is 7.99. The van der Waals surface area contributed by atoms with E-state index in [-0.39, 0.29) is 0 Å². The van der Waals surface area contributed by atoms with E-state index in [1.165, 1.54) is 4.31 Å². The summed E-state index contributed by atoms with van der Waals surface area (Å²) in [6.45, 7) is 3.08. The number of aryl methyl sites for hydroxylation is 1. The van der Waals surface area contributed by atoms with Crippen LogP contribution in [0.3, 0.4) is 0 Å². The van der Waals surface area contributed by atoms with Crippen LogP contribution in [-0.2, 0) is 10.2 Å². The second-order valence-electron chi connectivity index (χ2n) is 4.30. The molecule has 1 aromatic rings. The van der Waals surface area contributed by atoms with E-state index in [0.717, 1.165) is 18.4 Å². The van der Waals surface area contributed by atoms with Gasteiger partial charge in [0.2, 0.25) is 0 Å². The Kier molecular flexibility index (Phi) is 3.26. The fraction of sp³-hybridized carbons (Fsp3) is 0.455. The highest BCUT2D eigenvalue weighted by molar-refractivity contribution is 7.90. The van der Waals surface area contributed by atoms with E-state index >= 15 is 0 Å². The lowest BCUT2D eigenvalue weighted by atomic mass is 10.2. The Morgan fingerprint density at radius 3 is 2.53 bits per heavy atom. The maximum Gasteiger partial charge on any atom is 0.301 e. The smallest absolute Gasteiger partial charge is 0.301 e. The molecule has 0 saturated carbocycles. The highest BCUT2D eigenvalue weighted by atomic mass is 32.2. The van der Waals surface area contributed by atoms with Crippen molar-refractivity contribution in [1.29, 1.82) is 0 Å². The van der Waals surface area contributed by atoms with Crippen LogP contribution in [0.25, 0.3) is 0 Å². The molecular formula is C11H17N3O2S. The molecule has 1 aromatic carbocycles. The summed E-state index contributed by atoms with van der Waals surface area (Å²) < 4.78 is 28.0. The molecule has 5 nitrogen and oxygen atoms in total. The first-order valence-corrected chi connectivity index (χ1v) is 7.07. The molecule has 0 spiro atoms. The predicted molar refractivity (Wildman–Crippen MR) is 68.9 cm³/mol. The summed E-state index contributed by atoms with van der Waals surface area (Å²) in [5.41, 5.74) is 7.69. The minimum absolute atomic E-state index is 0.447. The van der Waals surface area contributed by atoms with E-state index < -0.39 is 10.2 Å². The number of hydrogen-bond donors (Lipinski definition) is 2. The van der Waals surface area contributed by atoms with Crippen molar-refractivity contribution in [3.05, 3.63) is 23.8 Å². The van der Waals surface area contributed by atoms with Crippen molar-refractivity contribution >= 4 is 21.6 Å². The van der Waals surface area contributed by atoms with Crippen molar-refractivity contribution in [1.82, 2.24) is 4.31 Å². The van der Waals surface area contributed by atoms with Gasteiger partial charge >= 0.3 is 10.2 Å². The van der Waals surface area contributed by atoms with Gasteiger partial charge in [-0.25, -0.2) is 0 Å². The van der Waals surface area contributed by atoms with E-state index in [1.807, 2.05) is 13.0 Å². The number of nitrogens with one attached hydrogen (secondary N) is 1. The van der Waals surface area contributed by atoms with Gasteiger partial charge in [-0.3, -0.25) is 4.72 Å². The topological polar surface area (TPSA) is 75.4 Å². The SMILES string of the molecule is Cc1ccc(NS(=O)(=O)N2CCCC2)c(N)c1. The fourth-order valence-corrected chi connectivity index (χ4v) is 3.24. The highest BCUT2D eigenvalue weighted by Gasteiger charge is 2.25. The van der Waals surface area contributed by atoms with Gasteiger partial charge in [0.1, 0.15) is 0 Å². The Bertz CT molecular complexity index is 507. The molecule has 0 aromatic heterocycles. The first-order valence-electron chi connectivity index (χ1n) is 5.63. The molecule has 6 heteroatoms. The van der Waals surface area contributed by atoms with Gasteiger partial charge in [0.05, 0.1) is 11.4 Å². The average Bonchev–Trinajstić information content (AvgIpc) is 2.76. The predicted octanol–water partition coefficient (Wildman–Crippen LogP) is 1.33. The summed E-state index contributed by atoms with van der Waals surface area (Å²) in [6.07, 6.45) is 1.84. The van der Waals surface area contributed by atoms with E-state index in [4.69, 9.17) is 5.73 Å². The zero-order valence-corrected chi connectivity index (χ0v) is 10.6. The molecule has 3 N–H and O–H groups in total. The van der Waals surface area contributed by atoms with Crippen LogP contribution < -0.4 is 10.5 Å². The van der Waals surface area contributed by atoms with Crippen LogP contribution in [0.15, 0.2) is 18.2 Å². The molecule has 0 radical (unpaired) electrons. The summed E-state index contributed by atoms with van der Waals surface area (Å²) in [5, 5.41) is 0. The van der Waals surface area contributed by atoms with Gasteiger partial charge in [-0.1, -0.05) is 6.07 Å². The van der Waals surface area contributed by atoms with Crippen LogP contribution in [0.5, 0.6) is 0 Å². The lowest BCUT2D eigenvalue weighted by molar-refractivity contribution is 0.482. The molecule has 17 heavy (non-hydrogen) atoms. The molecule has 1 saturated heterocycles. The van der Waals surface area contributed by atoms with Crippen LogP contribution in [0.2, 0.25) is 0 Å². The Morgan fingerprint density at radius 2 is 1.94 bits per heavy atom. The number of nitrogen functional groups attached to an aromatic ring is 1. The van der Waals surface area contributed by atoms with Crippen LogP contribution in [0.1, 0.15) is 18.4 Å². The molecule has 1 heterocycles. The number of hydrogen-bond acceptors (Lipinski definition) is 3. The summed E-state index contributed by atoms with van der Waals surface area (Å²) in [6, 6.07) is 5.28. The van der Waals surface area contributed by atoms with Gasteiger partial charge in [0.25, 0.3) is 0 Å². The van der Waals surface area contributed by atoms with E-state index in [1.54, 1.807) is 12.1 Å². The largest absolute Gasteiger partial charge is 0.397 e. The lowest BCUT2D eigenvalue weighted by Gasteiger charge is -2.17. The van der Waals surface area contributed by atoms with Crippen LogP contribution in [-0.4, -0.2) is 25.8 Å². The quantitative estimate of drug-likeness (QED) is 0.800. The zero-order chi connectivity index (χ0) is 12.5. The second-order valence-corrected chi connectivity index (χ2v) is 5.97. The van der Waals surface area contributed by atoms with E-state index in [0.29, 0.717) is 24.5 Å². The van der Waals surface area contributed by atoms with Gasteiger partial charge in [-0.2, -0.15) is 12.7 Å². The van der Waals surface area contributed by atoms with Crippen molar-refractivity contribution in [2.24, 2.45) is 0 Å². The van der Waals surface area contributed by atoms with Crippen molar-refractivity contribution in [2.45, 2.75) is 19.8 Å². The standard InChI is InChI=1S/C11H17N3O2S/c1-9-4-5-11(10(12)8-9)13-17(15,16)14-6-2-3-7-14/h4-5,8,13H,2-3,6-7,12H2,1H3. The number of nitrogens with zero attached hydrogens (tertiary/aromatic N) is 1. The number of nitrogens with two attached hydrogens (primary N) is 1. The molecule has 0 bridgehead atoms. The minimum Gasteiger partial charge on any atom is -0.397 e. The van der Waals surface area contributed by atoms with E-state index in [2.05, 4.69) is 4.72 Å². The van der Waals surface area contributed by atoms with Gasteiger partial charge in [-0.15, -0.1) is 0 Å². The molecule has 0 aliphatic carbocycles. The Balaban J connectivity index is 2.19. The number of benzene rings is 1. The monoisotopic (exact) mass is 255 g/mol. The number of anilines is 2. The van der Waals surface area contributed by atoms with Gasteiger partial charge < -0.3 is 5.73 Å². The summed E-state index contributed by atoms with van der Waals surface area (Å²) in [4.78, 5) is 0. The van der Waals surface area contributed by atoms with Crippen molar-refractivity contribution in [3.63, 3.8) is 0 Å². The van der Waals surface area contributed by atoms with Crippen LogP contribution >= 0.6 is 0 Å². The average molecular weight is 255 g/mol. The molecule has 0 unspecified atom stereocenters. The minimum atomic E-state index is -3.45. The maximum atomic E-state index is 12.0. The Hall–Kier alpha value is -1.27. The van der Waals surface area contributed by atoms with Crippen molar-refractivity contribution in [2.75, 3.05) is 23.5 Å². The van der Waals surface area contributed by atoms with E-state index in [9.17, 15) is 8.42 Å². The summed E-state index contributed by atoms with van der Waals surface area (Å²) in [5.74, 6) is 0. The third-order valence-corrected chi connectivity index (χ3v) is 4.37. The van der Waals surface area contributed by atoms with Gasteiger partial charge in [-0.05, 0) is 37.5 Å². The highest BCUT2D eigenvalue weighted by Crippen LogP contribution is 2.22. The fourth-order valence-electron chi connectivity index (χ4n) is 1.91. The van der Waals surface area contributed by atoms with Crippen molar-refractivity contribution < 1.29 is 8.42 Å². The summed E-state index contributed by atoms with van der Waals surface area (Å²) >= 11 is 0. The molecule has 1 fully saturated rings.